The number of amides is 1. The zero-order valence-corrected chi connectivity index (χ0v) is 16.1. The van der Waals surface area contributed by atoms with E-state index < -0.39 is 0 Å². The summed E-state index contributed by atoms with van der Waals surface area (Å²) in [5.74, 6) is 1.34. The number of hydrogen-bond donors (Lipinski definition) is 1. The van der Waals surface area contributed by atoms with E-state index in [1.165, 1.54) is 0 Å². The van der Waals surface area contributed by atoms with Crippen LogP contribution in [0.4, 0.5) is 5.69 Å². The lowest BCUT2D eigenvalue weighted by molar-refractivity contribution is -0.115. The summed E-state index contributed by atoms with van der Waals surface area (Å²) in [7, 11) is 1.57. The Morgan fingerprint density at radius 1 is 0.926 bits per heavy atom. The Labute approximate surface area is 167 Å². The number of anilines is 1. The SMILES string of the molecule is COc1ccccc1Oc1ccc(Cl)cc1NC(=O)Cc1ccccc1Cl. The molecule has 0 saturated heterocycles. The number of rotatable bonds is 6. The highest BCUT2D eigenvalue weighted by Crippen LogP contribution is 2.36. The second kappa shape index (κ2) is 8.80. The molecular weight excluding hydrogens is 385 g/mol. The third-order valence-corrected chi connectivity index (χ3v) is 4.42. The van der Waals surface area contributed by atoms with Crippen LogP contribution in [-0.4, -0.2) is 13.0 Å². The second-order valence-electron chi connectivity index (χ2n) is 5.71. The van der Waals surface area contributed by atoms with Crippen molar-refractivity contribution in [2.75, 3.05) is 12.4 Å². The van der Waals surface area contributed by atoms with Gasteiger partial charge in [0.15, 0.2) is 17.2 Å². The lowest BCUT2D eigenvalue weighted by atomic mass is 10.1. The first kappa shape index (κ1) is 19.1. The van der Waals surface area contributed by atoms with Crippen LogP contribution < -0.4 is 14.8 Å². The van der Waals surface area contributed by atoms with Gasteiger partial charge in [0.2, 0.25) is 5.91 Å². The van der Waals surface area contributed by atoms with Gasteiger partial charge in [0.25, 0.3) is 0 Å². The number of benzene rings is 3. The standard InChI is InChI=1S/C21H17Cl2NO3/c1-26-19-8-4-5-9-20(19)27-18-11-10-15(22)13-17(18)24-21(25)12-14-6-2-3-7-16(14)23/h2-11,13H,12H2,1H3,(H,24,25). The molecule has 0 fully saturated rings. The Morgan fingerprint density at radius 2 is 1.63 bits per heavy atom. The first-order valence-corrected chi connectivity index (χ1v) is 8.96. The number of hydrogen-bond acceptors (Lipinski definition) is 3. The maximum absolute atomic E-state index is 12.5. The summed E-state index contributed by atoms with van der Waals surface area (Å²) in [5, 5.41) is 3.86. The Bertz CT molecular complexity index is 960. The maximum atomic E-state index is 12.5. The molecule has 0 atom stereocenters. The molecule has 1 amide bonds. The van der Waals surface area contributed by atoms with Gasteiger partial charge in [0, 0.05) is 10.0 Å². The smallest absolute Gasteiger partial charge is 0.228 e. The minimum absolute atomic E-state index is 0.139. The fourth-order valence-corrected chi connectivity index (χ4v) is 2.89. The number of ether oxygens (including phenoxy) is 2. The van der Waals surface area contributed by atoms with E-state index >= 15 is 0 Å². The third-order valence-electron chi connectivity index (χ3n) is 3.81. The molecule has 0 bridgehead atoms. The van der Waals surface area contributed by atoms with Gasteiger partial charge in [-0.05, 0) is 42.0 Å². The molecule has 0 aliphatic heterocycles. The molecule has 0 radical (unpaired) electrons. The predicted molar refractivity (Wildman–Crippen MR) is 108 cm³/mol. The van der Waals surface area contributed by atoms with Crippen molar-refractivity contribution in [3.8, 4) is 17.2 Å². The van der Waals surface area contributed by atoms with Gasteiger partial charge in [0.1, 0.15) is 0 Å². The van der Waals surface area contributed by atoms with Crippen molar-refractivity contribution >= 4 is 34.8 Å². The van der Waals surface area contributed by atoms with E-state index in [9.17, 15) is 4.79 Å². The van der Waals surface area contributed by atoms with E-state index in [0.717, 1.165) is 5.56 Å². The molecule has 0 unspecified atom stereocenters. The van der Waals surface area contributed by atoms with E-state index in [1.807, 2.05) is 30.3 Å². The molecule has 4 nitrogen and oxygen atoms in total. The first-order chi connectivity index (χ1) is 13.1. The molecule has 0 saturated carbocycles. The van der Waals surface area contributed by atoms with Gasteiger partial charge in [-0.15, -0.1) is 0 Å². The first-order valence-electron chi connectivity index (χ1n) is 8.20. The van der Waals surface area contributed by atoms with Crippen molar-refractivity contribution in [1.29, 1.82) is 0 Å². The van der Waals surface area contributed by atoms with Crippen LogP contribution in [0.25, 0.3) is 0 Å². The monoisotopic (exact) mass is 401 g/mol. The molecule has 3 rings (SSSR count). The van der Waals surface area contributed by atoms with Crippen molar-refractivity contribution in [1.82, 2.24) is 0 Å². The predicted octanol–water partition coefficient (Wildman–Crippen LogP) is 5.98. The van der Waals surface area contributed by atoms with Crippen LogP contribution in [0, 0.1) is 0 Å². The van der Waals surface area contributed by atoms with Gasteiger partial charge in [-0.2, -0.15) is 0 Å². The van der Waals surface area contributed by atoms with Crippen molar-refractivity contribution in [2.45, 2.75) is 6.42 Å². The molecule has 1 N–H and O–H groups in total. The number of halogens is 2. The normalized spacial score (nSPS) is 10.3. The Balaban J connectivity index is 1.82. The number of methoxy groups -OCH3 is 1. The van der Waals surface area contributed by atoms with Gasteiger partial charge >= 0.3 is 0 Å². The fourth-order valence-electron chi connectivity index (χ4n) is 2.52. The molecule has 0 heterocycles. The van der Waals surface area contributed by atoms with Crippen LogP contribution in [0.5, 0.6) is 17.2 Å². The zero-order chi connectivity index (χ0) is 19.2. The summed E-state index contributed by atoms with van der Waals surface area (Å²) >= 11 is 12.2. The van der Waals surface area contributed by atoms with E-state index in [0.29, 0.717) is 33.0 Å². The van der Waals surface area contributed by atoms with Crippen molar-refractivity contribution in [3.63, 3.8) is 0 Å². The molecule has 0 aliphatic rings. The van der Waals surface area contributed by atoms with Gasteiger partial charge in [-0.1, -0.05) is 53.5 Å². The van der Waals surface area contributed by atoms with Crippen LogP contribution >= 0.6 is 23.2 Å². The van der Waals surface area contributed by atoms with E-state index in [4.69, 9.17) is 32.7 Å². The minimum atomic E-state index is -0.227. The highest BCUT2D eigenvalue weighted by Gasteiger charge is 2.13. The van der Waals surface area contributed by atoms with Crippen LogP contribution in [0.1, 0.15) is 5.56 Å². The van der Waals surface area contributed by atoms with Crippen LogP contribution in [0.2, 0.25) is 10.0 Å². The molecule has 0 aromatic heterocycles. The third kappa shape index (κ3) is 4.94. The lowest BCUT2D eigenvalue weighted by Gasteiger charge is -2.15. The topological polar surface area (TPSA) is 47.6 Å². The lowest BCUT2D eigenvalue weighted by Crippen LogP contribution is -2.15. The molecular formula is C21H17Cl2NO3. The Morgan fingerprint density at radius 3 is 2.37 bits per heavy atom. The van der Waals surface area contributed by atoms with Crippen molar-refractivity contribution < 1.29 is 14.3 Å². The highest BCUT2D eigenvalue weighted by molar-refractivity contribution is 6.31. The summed E-state index contributed by atoms with van der Waals surface area (Å²) < 4.78 is 11.2. The van der Waals surface area contributed by atoms with E-state index in [-0.39, 0.29) is 12.3 Å². The molecule has 0 aliphatic carbocycles. The zero-order valence-electron chi connectivity index (χ0n) is 14.5. The molecule has 3 aromatic carbocycles. The molecule has 6 heteroatoms. The molecule has 3 aromatic rings. The van der Waals surface area contributed by atoms with Gasteiger partial charge in [-0.3, -0.25) is 4.79 Å². The Kier molecular flexibility index (Phi) is 6.22. The quantitative estimate of drug-likeness (QED) is 0.552. The van der Waals surface area contributed by atoms with Crippen LogP contribution in [0.15, 0.2) is 66.7 Å². The summed E-state index contributed by atoms with van der Waals surface area (Å²) in [6.45, 7) is 0. The Hall–Kier alpha value is -2.69. The fraction of sp³-hybridized carbons (Fsp3) is 0.0952. The minimum Gasteiger partial charge on any atom is -0.493 e. The van der Waals surface area contributed by atoms with Gasteiger partial charge in [0.05, 0.1) is 19.2 Å². The molecule has 0 spiro atoms. The maximum Gasteiger partial charge on any atom is 0.228 e. The summed E-state index contributed by atoms with van der Waals surface area (Å²) in [6, 6.07) is 19.5. The summed E-state index contributed by atoms with van der Waals surface area (Å²) in [4.78, 5) is 12.5. The summed E-state index contributed by atoms with van der Waals surface area (Å²) in [5.41, 5.74) is 1.20. The van der Waals surface area contributed by atoms with Gasteiger partial charge < -0.3 is 14.8 Å². The van der Waals surface area contributed by atoms with E-state index in [1.54, 1.807) is 43.5 Å². The van der Waals surface area contributed by atoms with Crippen LogP contribution in [0.3, 0.4) is 0 Å². The molecule has 138 valence electrons. The van der Waals surface area contributed by atoms with E-state index in [2.05, 4.69) is 5.32 Å². The second-order valence-corrected chi connectivity index (χ2v) is 6.55. The number of carbonyl (C=O) groups excluding carboxylic acids is 1. The summed E-state index contributed by atoms with van der Waals surface area (Å²) in [6.07, 6.45) is 0.139. The number of nitrogens with one attached hydrogen (secondary N) is 1. The van der Waals surface area contributed by atoms with Gasteiger partial charge in [-0.25, -0.2) is 0 Å². The van der Waals surface area contributed by atoms with Crippen molar-refractivity contribution in [2.24, 2.45) is 0 Å². The average molecular weight is 402 g/mol. The average Bonchev–Trinajstić information content (AvgIpc) is 2.66. The number of carbonyl (C=O) groups is 1. The highest BCUT2D eigenvalue weighted by atomic mass is 35.5. The molecule has 27 heavy (non-hydrogen) atoms. The number of para-hydroxylation sites is 2. The largest absolute Gasteiger partial charge is 0.493 e. The van der Waals surface area contributed by atoms with Crippen LogP contribution in [-0.2, 0) is 11.2 Å². The van der Waals surface area contributed by atoms with Crippen molar-refractivity contribution in [3.05, 3.63) is 82.3 Å².